The summed E-state index contributed by atoms with van der Waals surface area (Å²) < 4.78 is 8.91. The van der Waals surface area contributed by atoms with Gasteiger partial charge in [0.05, 0.1) is 6.10 Å². The van der Waals surface area contributed by atoms with Gasteiger partial charge in [-0.2, -0.15) is 0 Å². The van der Waals surface area contributed by atoms with Crippen LogP contribution in [-0.4, -0.2) is 25.2 Å². The Bertz CT molecular complexity index is 1670. The summed E-state index contributed by atoms with van der Waals surface area (Å²) in [5.41, 5.74) is 1.91. The van der Waals surface area contributed by atoms with E-state index in [0.29, 0.717) is 25.7 Å². The van der Waals surface area contributed by atoms with Gasteiger partial charge in [0.15, 0.2) is 5.78 Å². The van der Waals surface area contributed by atoms with Crippen molar-refractivity contribution >= 4 is 51.9 Å². The summed E-state index contributed by atoms with van der Waals surface area (Å²) in [6.45, 7) is 9.02. The Hall–Kier alpha value is -3.84. The van der Waals surface area contributed by atoms with E-state index in [1.807, 2.05) is 12.2 Å². The Morgan fingerprint density at radius 3 is 2.22 bits per heavy atom. The second kappa shape index (κ2) is 14.7. The van der Waals surface area contributed by atoms with E-state index in [2.05, 4.69) is 131 Å². The Morgan fingerprint density at radius 1 is 0.978 bits per heavy atom. The molecule has 0 aliphatic heterocycles. The number of benzene rings is 3. The minimum Gasteiger partial charge on any atom is -0.481 e. The second-order valence-electron chi connectivity index (χ2n) is 13.2. The highest BCUT2D eigenvalue weighted by Crippen LogP contribution is 2.43. The lowest BCUT2D eigenvalue weighted by Crippen LogP contribution is -2.66. The van der Waals surface area contributed by atoms with E-state index in [9.17, 15) is 9.59 Å². The van der Waals surface area contributed by atoms with Crippen LogP contribution in [0, 0.1) is 5.92 Å². The Kier molecular flexibility index (Phi) is 10.7. The molecule has 1 N–H and O–H groups in total. The maximum absolute atomic E-state index is 13.1. The van der Waals surface area contributed by atoms with Crippen LogP contribution in [0.4, 0.5) is 0 Å². The first-order chi connectivity index (χ1) is 22.1. The maximum atomic E-state index is 13.1. The van der Waals surface area contributed by atoms with E-state index in [4.69, 9.17) is 9.53 Å². The van der Waals surface area contributed by atoms with Gasteiger partial charge in [0, 0.05) is 28.0 Å². The number of rotatable bonds is 13. The molecule has 0 bridgehead atoms. The van der Waals surface area contributed by atoms with Crippen LogP contribution < -0.4 is 10.4 Å². The minimum atomic E-state index is -2.89. The van der Waals surface area contributed by atoms with Gasteiger partial charge >= 0.3 is 5.97 Å². The summed E-state index contributed by atoms with van der Waals surface area (Å²) in [6, 6.07) is 32.2. The first-order valence-corrected chi connectivity index (χ1v) is 18.9. The van der Waals surface area contributed by atoms with Gasteiger partial charge in [0.2, 0.25) is 0 Å². The molecule has 0 spiro atoms. The van der Waals surface area contributed by atoms with E-state index in [1.165, 1.54) is 20.5 Å². The van der Waals surface area contributed by atoms with E-state index in [1.54, 1.807) is 11.3 Å². The zero-order chi connectivity index (χ0) is 32.7. The summed E-state index contributed by atoms with van der Waals surface area (Å²) in [5.74, 6) is -0.472. The molecular weight excluding hydrogens is 605 g/mol. The molecule has 238 valence electrons. The van der Waals surface area contributed by atoms with E-state index in [-0.39, 0.29) is 29.3 Å². The average Bonchev–Trinajstić information content (AvgIpc) is 3.58. The monoisotopic (exact) mass is 648 g/mol. The number of ketones is 1. The fraction of sp³-hybridized carbons (Fsp3) is 0.300. The van der Waals surface area contributed by atoms with Crippen LogP contribution in [0.3, 0.4) is 0 Å². The molecule has 5 rings (SSSR count). The Balaban J connectivity index is 1.59. The molecule has 6 heteroatoms. The van der Waals surface area contributed by atoms with E-state index in [0.717, 1.165) is 16.0 Å². The number of carbonyl (C=O) groups excluding carboxylic acids is 1. The van der Waals surface area contributed by atoms with Crippen LogP contribution in [0.1, 0.15) is 70.8 Å². The molecule has 0 saturated heterocycles. The molecular formula is C40H44O4SSi. The van der Waals surface area contributed by atoms with Crippen molar-refractivity contribution in [3.8, 4) is 0 Å². The van der Waals surface area contributed by atoms with Crippen molar-refractivity contribution in [3.05, 3.63) is 131 Å². The van der Waals surface area contributed by atoms with Crippen molar-refractivity contribution in [1.29, 1.82) is 0 Å². The summed E-state index contributed by atoms with van der Waals surface area (Å²) in [5, 5.41) is 12.4. The highest BCUT2D eigenvalue weighted by atomic mass is 32.1. The van der Waals surface area contributed by atoms with E-state index < -0.39 is 14.3 Å². The molecule has 1 aliphatic rings. The third-order valence-electron chi connectivity index (χ3n) is 8.85. The molecule has 0 fully saturated rings. The van der Waals surface area contributed by atoms with Crippen molar-refractivity contribution < 1.29 is 19.1 Å². The van der Waals surface area contributed by atoms with Gasteiger partial charge in [-0.3, -0.25) is 9.59 Å². The van der Waals surface area contributed by atoms with Crippen molar-refractivity contribution in [2.45, 2.75) is 70.9 Å². The maximum Gasteiger partial charge on any atom is 0.303 e. The fourth-order valence-electron chi connectivity index (χ4n) is 6.56. The number of aliphatic carboxylic acids is 1. The summed E-state index contributed by atoms with van der Waals surface area (Å²) in [6.07, 6.45) is 10.5. The highest BCUT2D eigenvalue weighted by Gasteiger charge is 2.51. The van der Waals surface area contributed by atoms with Crippen LogP contribution in [-0.2, 0) is 14.0 Å². The molecule has 1 heterocycles. The minimum absolute atomic E-state index is 0.120. The normalized spacial score (nSPS) is 16.7. The van der Waals surface area contributed by atoms with Gasteiger partial charge in [0.1, 0.15) is 0 Å². The summed E-state index contributed by atoms with van der Waals surface area (Å²) in [4.78, 5) is 25.1. The second-order valence-corrected chi connectivity index (χ2v) is 18.5. The quantitative estimate of drug-likeness (QED) is 0.0892. The number of carboxylic acid groups (broad SMARTS) is 1. The van der Waals surface area contributed by atoms with Gasteiger partial charge in [-0.15, -0.1) is 11.3 Å². The van der Waals surface area contributed by atoms with Crippen LogP contribution in [0.25, 0.3) is 10.1 Å². The van der Waals surface area contributed by atoms with Crippen molar-refractivity contribution in [3.63, 3.8) is 0 Å². The first-order valence-electron chi connectivity index (χ1n) is 16.2. The molecule has 1 aliphatic carbocycles. The Labute approximate surface area is 278 Å². The molecule has 4 aromatic rings. The van der Waals surface area contributed by atoms with Crippen LogP contribution in [0.5, 0.6) is 0 Å². The highest BCUT2D eigenvalue weighted by molar-refractivity contribution is 7.19. The van der Waals surface area contributed by atoms with Gasteiger partial charge in [-0.1, -0.05) is 131 Å². The zero-order valence-corrected chi connectivity index (χ0v) is 29.1. The molecule has 0 saturated carbocycles. The largest absolute Gasteiger partial charge is 0.481 e. The topological polar surface area (TPSA) is 63.6 Å². The third kappa shape index (κ3) is 7.41. The summed E-state index contributed by atoms with van der Waals surface area (Å²) in [7, 11) is -2.89. The number of fused-ring (bicyclic) bond motifs is 1. The number of allylic oxidation sites excluding steroid dienone is 5. The SMILES string of the molecule is CC1CC(=O)C(CC=CCCCC(=O)O)=C1C=C[C@@H](O[Si](c1ccccc1)(c1ccccc1)C(C)(C)C)c1cc2ccccc2s1. The molecule has 1 unspecified atom stereocenters. The number of carboxylic acids is 1. The molecule has 0 amide bonds. The van der Waals surface area contributed by atoms with Crippen molar-refractivity contribution in [2.24, 2.45) is 5.92 Å². The van der Waals surface area contributed by atoms with Crippen molar-refractivity contribution in [2.75, 3.05) is 0 Å². The van der Waals surface area contributed by atoms with Crippen LogP contribution >= 0.6 is 11.3 Å². The molecule has 4 nitrogen and oxygen atoms in total. The number of Topliss-reactive ketones (excluding diaryl/α,β-unsaturated/α-hetero) is 1. The molecule has 2 atom stereocenters. The van der Waals surface area contributed by atoms with Gasteiger partial charge in [0.25, 0.3) is 8.32 Å². The summed E-state index contributed by atoms with van der Waals surface area (Å²) >= 11 is 1.77. The van der Waals surface area contributed by atoms with Gasteiger partial charge in [-0.05, 0) is 63.7 Å². The lowest BCUT2D eigenvalue weighted by molar-refractivity contribution is -0.137. The van der Waals surface area contributed by atoms with Gasteiger partial charge in [-0.25, -0.2) is 0 Å². The number of hydrogen-bond acceptors (Lipinski definition) is 4. The fourth-order valence-corrected chi connectivity index (χ4v) is 12.3. The number of thiophene rings is 1. The van der Waals surface area contributed by atoms with Crippen LogP contribution in [0.15, 0.2) is 126 Å². The zero-order valence-electron chi connectivity index (χ0n) is 27.2. The lowest BCUT2D eigenvalue weighted by atomic mass is 10.0. The molecule has 3 aromatic carbocycles. The number of unbranched alkanes of at least 4 members (excludes halogenated alkanes) is 1. The average molecular weight is 649 g/mol. The Morgan fingerprint density at radius 2 is 1.61 bits per heavy atom. The van der Waals surface area contributed by atoms with Crippen LogP contribution in [0.2, 0.25) is 5.04 Å². The lowest BCUT2D eigenvalue weighted by Gasteiger charge is -2.44. The predicted molar refractivity (Wildman–Crippen MR) is 193 cm³/mol. The van der Waals surface area contributed by atoms with Gasteiger partial charge < -0.3 is 9.53 Å². The third-order valence-corrected chi connectivity index (χ3v) is 15.0. The number of hydrogen-bond donors (Lipinski definition) is 1. The molecule has 1 aromatic heterocycles. The standard InChI is InChI=1S/C40H44O4SSi/c1-29-27-35(41)34(22-13-5-6-14-24-39(42)43)33(29)25-26-36(38-28-30-17-15-16-23-37(30)45-38)44-46(40(2,3)4,31-18-9-7-10-19-31)32-20-11-8-12-21-32/h5,7-13,15-21,23,25-26,28-29,36H,6,14,22,24,27H2,1-4H3,(H,42,43)/t29?,36-/m1/s1. The van der Waals surface area contributed by atoms with E-state index >= 15 is 0 Å². The molecule has 46 heavy (non-hydrogen) atoms. The first kappa shape index (κ1) is 33.5. The predicted octanol–water partition coefficient (Wildman–Crippen LogP) is 9.18. The molecule has 0 radical (unpaired) electrons. The number of carbonyl (C=O) groups is 2. The van der Waals surface area contributed by atoms with Crippen molar-refractivity contribution in [1.82, 2.24) is 0 Å². The smallest absolute Gasteiger partial charge is 0.303 e.